The first-order valence-electron chi connectivity index (χ1n) is 15.6. The highest BCUT2D eigenvalue weighted by Crippen LogP contribution is 2.60. The number of carbonyl (C=O) groups is 2. The van der Waals surface area contributed by atoms with Crippen molar-refractivity contribution >= 4 is 39.2 Å². The van der Waals surface area contributed by atoms with Crippen molar-refractivity contribution in [2.45, 2.75) is 45.4 Å². The van der Waals surface area contributed by atoms with E-state index in [2.05, 4.69) is 19.0 Å². The third kappa shape index (κ3) is 13.8. The van der Waals surface area contributed by atoms with Crippen LogP contribution in [0, 0.1) is 22.2 Å². The number of nitriles is 1. The Labute approximate surface area is 288 Å². The fourth-order valence-electron chi connectivity index (χ4n) is 5.37. The summed E-state index contributed by atoms with van der Waals surface area (Å²) in [5, 5.41) is 7.32. The van der Waals surface area contributed by atoms with E-state index >= 15 is 0 Å². The van der Waals surface area contributed by atoms with Crippen LogP contribution in [0.2, 0.25) is 0 Å². The van der Waals surface area contributed by atoms with Gasteiger partial charge in [0.05, 0.1) is 76.7 Å². The highest BCUT2D eigenvalue weighted by molar-refractivity contribution is 7.48. The van der Waals surface area contributed by atoms with Gasteiger partial charge >= 0.3 is 27.6 Å². The summed E-state index contributed by atoms with van der Waals surface area (Å²) in [5.74, 6) is -0.907. The van der Waals surface area contributed by atoms with Gasteiger partial charge in [-0.2, -0.15) is 5.26 Å². The van der Waals surface area contributed by atoms with Crippen molar-refractivity contribution in [3.05, 3.63) is 0 Å². The van der Waals surface area contributed by atoms with Crippen LogP contribution in [0.5, 0.6) is 0 Å². The van der Waals surface area contributed by atoms with E-state index < -0.39 is 32.4 Å². The number of rotatable bonds is 7. The molecule has 8 saturated heterocycles. The average molecular weight is 753 g/mol. The van der Waals surface area contributed by atoms with E-state index in [-0.39, 0.29) is 77.1 Å². The number of piperidine rings is 2. The molecule has 4 bridgehead atoms. The molecule has 272 valence electrons. The Kier molecular flexibility index (Phi) is 17.6. The predicted molar refractivity (Wildman–Crippen MR) is 166 cm³/mol. The smallest absolute Gasteiger partial charge is 0.474 e. The topological polar surface area (TPSA) is 169 Å². The van der Waals surface area contributed by atoms with Crippen molar-refractivity contribution in [1.29, 1.82) is 5.26 Å². The molecule has 47 heavy (non-hydrogen) atoms. The molecular weight excluding hydrogens is 703 g/mol. The molecule has 8 heterocycles. The molecule has 0 spiro atoms. The predicted octanol–water partition coefficient (Wildman–Crippen LogP) is 0.907. The molecule has 15 nitrogen and oxygen atoms in total. The maximum absolute atomic E-state index is 12.1. The van der Waals surface area contributed by atoms with Crippen molar-refractivity contribution in [3.8, 4) is 6.07 Å². The maximum atomic E-state index is 12.1. The number of likely N-dealkylation sites (tertiary alicyclic amines) is 2. The molecule has 8 aliphatic rings. The molecule has 19 heteroatoms. The maximum Gasteiger partial charge on any atom is 0.474 e. The monoisotopic (exact) mass is 751 g/mol. The van der Waals surface area contributed by atoms with Gasteiger partial charge in [0.25, 0.3) is 0 Å². The normalized spacial score (nSPS) is 33.4. The third-order valence-corrected chi connectivity index (χ3v) is 11.2. The lowest BCUT2D eigenvalue weighted by Crippen LogP contribution is -3.00. The minimum Gasteiger partial charge on any atom is -1.00 e. The number of phosphoric ester groups is 2. The van der Waals surface area contributed by atoms with Gasteiger partial charge in [0, 0.05) is 6.92 Å². The zero-order valence-electron chi connectivity index (χ0n) is 27.5. The highest BCUT2D eigenvalue weighted by atomic mass is 35.5. The van der Waals surface area contributed by atoms with Crippen molar-refractivity contribution in [2.75, 3.05) is 106 Å². The van der Waals surface area contributed by atoms with Gasteiger partial charge < -0.3 is 31.3 Å². The largest absolute Gasteiger partial charge is 1.00 e. The molecule has 0 aromatic heterocycles. The van der Waals surface area contributed by atoms with Crippen LogP contribution < -0.4 is 12.4 Å². The van der Waals surface area contributed by atoms with Gasteiger partial charge in [-0.1, -0.05) is 6.42 Å². The first-order chi connectivity index (χ1) is 21.8. The zero-order valence-corrected chi connectivity index (χ0v) is 30.8. The van der Waals surface area contributed by atoms with Gasteiger partial charge in [0.1, 0.15) is 19.1 Å². The van der Waals surface area contributed by atoms with Crippen LogP contribution in [0.4, 0.5) is 0 Å². The van der Waals surface area contributed by atoms with Crippen molar-refractivity contribution in [2.24, 2.45) is 10.8 Å². The summed E-state index contributed by atoms with van der Waals surface area (Å²) in [4.78, 5) is 25.3. The van der Waals surface area contributed by atoms with Crippen molar-refractivity contribution in [1.82, 2.24) is 4.90 Å². The SMILES string of the molecule is CC#N.CN1CCCCC1.C[N+]1(CC(=O)OCC23COP(=O)(OC2)OC3)CCCCC1.O=C(CCl)OCC12COP(=O)(OC1)OC2.[Cl-]. The van der Waals surface area contributed by atoms with E-state index in [0.29, 0.717) is 6.54 Å². The Morgan fingerprint density at radius 3 is 1.49 bits per heavy atom. The first kappa shape index (κ1) is 42.3. The summed E-state index contributed by atoms with van der Waals surface area (Å²) in [6.07, 6.45) is 7.85. The molecule has 0 aromatic rings. The van der Waals surface area contributed by atoms with Crippen LogP contribution >= 0.6 is 27.2 Å². The number of quaternary nitrogens is 1. The van der Waals surface area contributed by atoms with Crippen LogP contribution in [0.15, 0.2) is 0 Å². The summed E-state index contributed by atoms with van der Waals surface area (Å²) in [5.41, 5.74) is -1.06. The fourth-order valence-corrected chi connectivity index (χ4v) is 8.48. The molecule has 0 aromatic carbocycles. The fraction of sp³-hybridized carbons (Fsp3) is 0.893. The van der Waals surface area contributed by atoms with E-state index in [0.717, 1.165) is 17.6 Å². The Balaban J connectivity index is 0.000000257. The molecule has 0 radical (unpaired) electrons. The van der Waals surface area contributed by atoms with E-state index in [1.165, 1.54) is 58.5 Å². The lowest BCUT2D eigenvalue weighted by molar-refractivity contribution is -0.907. The Hall–Kier alpha value is -0.850. The van der Waals surface area contributed by atoms with Gasteiger partial charge in [-0.25, -0.2) is 13.9 Å². The second kappa shape index (κ2) is 19.5. The molecule has 8 fully saturated rings. The van der Waals surface area contributed by atoms with Gasteiger partial charge in [-0.3, -0.25) is 31.9 Å². The minimum atomic E-state index is -3.30. The van der Waals surface area contributed by atoms with Crippen molar-refractivity contribution in [3.63, 3.8) is 0 Å². The molecule has 8 aliphatic heterocycles. The molecule has 0 atom stereocenters. The molecule has 0 N–H and O–H groups in total. The van der Waals surface area contributed by atoms with Crippen LogP contribution in [0.3, 0.4) is 0 Å². The van der Waals surface area contributed by atoms with Crippen LogP contribution in [0.25, 0.3) is 0 Å². The number of hydrogen-bond donors (Lipinski definition) is 0. The molecular formula is C28H49Cl2N3O12P2. The van der Waals surface area contributed by atoms with Crippen LogP contribution in [0.1, 0.15) is 45.4 Å². The third-order valence-electron chi connectivity index (χ3n) is 8.35. The number of likely N-dealkylation sites (N-methyl/N-ethyl adjacent to an activating group) is 1. The summed E-state index contributed by atoms with van der Waals surface area (Å²) in [6.45, 7) is 8.19. The Morgan fingerprint density at radius 1 is 0.787 bits per heavy atom. The second-order valence-corrected chi connectivity index (χ2v) is 16.5. The Morgan fingerprint density at radius 2 is 1.15 bits per heavy atom. The summed E-state index contributed by atoms with van der Waals surface area (Å²) < 4.78 is 64.1. The Bertz CT molecular complexity index is 1090. The first-order valence-corrected chi connectivity index (χ1v) is 19.0. The summed E-state index contributed by atoms with van der Waals surface area (Å²) >= 11 is 5.28. The van der Waals surface area contributed by atoms with Crippen LogP contribution in [-0.2, 0) is 55.3 Å². The number of halogens is 2. The average Bonchev–Trinajstić information content (AvgIpc) is 3.06. The number of phosphoric acid groups is 2. The standard InChI is InChI=1S/C13H23NO6P.C7H10ClO6P.C6H13N.C2H3N.ClH/c1-14(5-3-2-4-6-14)7-12(15)17-8-13-9-18-21(16,19-10-13)20-11-13;8-1-6(9)11-2-7-3-12-15(10,13-4-7)14-5-7;1-7-5-3-2-4-6-7;1-2-3;/h2-11H2,1H3;1-5H2;2-6H2,1H3;1H3;1H/q+1;;;;/p-1. The zero-order chi connectivity index (χ0) is 33.7. The van der Waals surface area contributed by atoms with Gasteiger partial charge in [-0.05, 0) is 52.2 Å². The quantitative estimate of drug-likeness (QED) is 0.156. The molecule has 0 unspecified atom stereocenters. The lowest BCUT2D eigenvalue weighted by Gasteiger charge is -2.43. The summed E-state index contributed by atoms with van der Waals surface area (Å²) in [6, 6.07) is 1.75. The number of fused-ring (bicyclic) bond motifs is 6. The second-order valence-electron chi connectivity index (χ2n) is 12.9. The van der Waals surface area contributed by atoms with Gasteiger partial charge in [0.15, 0.2) is 6.54 Å². The number of alkyl halides is 1. The van der Waals surface area contributed by atoms with E-state index in [9.17, 15) is 18.7 Å². The molecule has 0 amide bonds. The van der Waals surface area contributed by atoms with Crippen molar-refractivity contribution < 1.29 is 72.2 Å². The summed E-state index contributed by atoms with van der Waals surface area (Å²) in [7, 11) is -2.30. The molecule has 8 rings (SSSR count). The number of ether oxygens (including phenoxy) is 2. The number of carbonyl (C=O) groups excluding carboxylic acids is 2. The molecule has 0 saturated carbocycles. The number of esters is 2. The highest BCUT2D eigenvalue weighted by Gasteiger charge is 2.52. The van der Waals surface area contributed by atoms with E-state index in [1.54, 1.807) is 6.07 Å². The number of nitrogens with zero attached hydrogens (tertiary/aromatic N) is 3. The molecule has 0 aliphatic carbocycles. The van der Waals surface area contributed by atoms with E-state index in [1.807, 2.05) is 0 Å². The van der Waals surface area contributed by atoms with E-state index in [4.69, 9.17) is 53.5 Å². The lowest BCUT2D eigenvalue weighted by atomic mass is 9.92. The number of hydrogen-bond acceptors (Lipinski definition) is 14. The van der Waals surface area contributed by atoms with Gasteiger partial charge in [-0.15, -0.1) is 11.6 Å². The van der Waals surface area contributed by atoms with Gasteiger partial charge in [0.2, 0.25) is 0 Å². The minimum absolute atomic E-state index is 0. The van der Waals surface area contributed by atoms with Crippen LogP contribution in [-0.4, -0.2) is 127 Å².